The van der Waals surface area contributed by atoms with Gasteiger partial charge in [-0.05, 0) is 26.3 Å². The fourth-order valence-corrected chi connectivity index (χ4v) is 1.74. The highest BCUT2D eigenvalue weighted by Crippen LogP contribution is 2.25. The summed E-state index contributed by atoms with van der Waals surface area (Å²) < 4.78 is 10.0. The van der Waals surface area contributed by atoms with Gasteiger partial charge in [0.25, 0.3) is 0 Å². The molecule has 6 heteroatoms. The van der Waals surface area contributed by atoms with E-state index in [9.17, 15) is 9.59 Å². The lowest BCUT2D eigenvalue weighted by molar-refractivity contribution is -0.142. The second-order valence-electron chi connectivity index (χ2n) is 5.18. The summed E-state index contributed by atoms with van der Waals surface area (Å²) in [5.41, 5.74) is 0.115. The molecule has 18 heavy (non-hydrogen) atoms. The molecule has 0 aromatic rings. The molecule has 1 fully saturated rings. The van der Waals surface area contributed by atoms with E-state index >= 15 is 0 Å². The lowest BCUT2D eigenvalue weighted by atomic mass is 10.2. The highest BCUT2D eigenvalue weighted by atomic mass is 16.6. The maximum absolute atomic E-state index is 11.9. The van der Waals surface area contributed by atoms with E-state index in [2.05, 4.69) is 0 Å². The van der Waals surface area contributed by atoms with E-state index in [4.69, 9.17) is 14.6 Å². The molecule has 0 saturated carbocycles. The van der Waals surface area contributed by atoms with E-state index in [0.29, 0.717) is 0 Å². The first-order valence-electron chi connectivity index (χ1n) is 5.67. The van der Waals surface area contributed by atoms with Gasteiger partial charge < -0.3 is 14.6 Å². The fourth-order valence-electron chi connectivity index (χ4n) is 1.74. The van der Waals surface area contributed by atoms with Crippen molar-refractivity contribution in [1.29, 1.82) is 0 Å². The van der Waals surface area contributed by atoms with Gasteiger partial charge in [-0.25, -0.2) is 9.59 Å². The van der Waals surface area contributed by atoms with Crippen LogP contribution in [0.15, 0.2) is 11.8 Å². The van der Waals surface area contributed by atoms with Crippen molar-refractivity contribution in [3.63, 3.8) is 0 Å². The average molecular weight is 257 g/mol. The number of aliphatic carboxylic acids is 1. The normalized spacial score (nSPS) is 22.1. The van der Waals surface area contributed by atoms with Gasteiger partial charge in [-0.1, -0.05) is 0 Å². The molecule has 1 aliphatic rings. The summed E-state index contributed by atoms with van der Waals surface area (Å²) in [6, 6.07) is -0.888. The minimum atomic E-state index is -1.04. The van der Waals surface area contributed by atoms with Crippen LogP contribution >= 0.6 is 0 Å². The lowest BCUT2D eigenvalue weighted by Crippen LogP contribution is -2.43. The predicted octanol–water partition coefficient (Wildman–Crippen LogP) is 1.61. The van der Waals surface area contributed by atoms with E-state index in [1.54, 1.807) is 20.8 Å². The molecule has 1 amide bonds. The number of methoxy groups -OCH3 is 1. The molecule has 0 aromatic heterocycles. The summed E-state index contributed by atoms with van der Waals surface area (Å²) in [5, 5.41) is 9.10. The highest BCUT2D eigenvalue weighted by molar-refractivity contribution is 5.82. The van der Waals surface area contributed by atoms with Crippen LogP contribution in [0.3, 0.4) is 0 Å². The Labute approximate surface area is 106 Å². The van der Waals surface area contributed by atoms with Crippen molar-refractivity contribution in [3.8, 4) is 0 Å². The summed E-state index contributed by atoms with van der Waals surface area (Å²) in [5.74, 6) is -1.04. The van der Waals surface area contributed by atoms with Crippen molar-refractivity contribution < 1.29 is 24.2 Å². The van der Waals surface area contributed by atoms with Gasteiger partial charge in [0.2, 0.25) is 0 Å². The molecule has 0 radical (unpaired) electrons. The summed E-state index contributed by atoms with van der Waals surface area (Å²) in [4.78, 5) is 24.2. The minimum Gasteiger partial charge on any atom is -0.504 e. The standard InChI is InChI=1S/C12H19NO5/c1-12(2,3)18-11(16)13-6-8(7-17-4)5-9(13)10(14)15/h7,9H,5-6H2,1-4H3,(H,14,15)/t9-/m0/s1. The van der Waals surface area contributed by atoms with Crippen LogP contribution in [0.4, 0.5) is 4.79 Å². The summed E-state index contributed by atoms with van der Waals surface area (Å²) in [7, 11) is 1.49. The van der Waals surface area contributed by atoms with Crippen LogP contribution in [0.25, 0.3) is 0 Å². The van der Waals surface area contributed by atoms with Crippen molar-refractivity contribution in [2.24, 2.45) is 0 Å². The number of carboxylic acid groups (broad SMARTS) is 1. The Hall–Kier alpha value is -1.72. The molecule has 1 atom stereocenters. The van der Waals surface area contributed by atoms with Gasteiger partial charge in [-0.2, -0.15) is 0 Å². The van der Waals surface area contributed by atoms with Crippen molar-refractivity contribution in [3.05, 3.63) is 11.8 Å². The molecule has 1 saturated heterocycles. The molecular formula is C12H19NO5. The van der Waals surface area contributed by atoms with Gasteiger partial charge in [-0.3, -0.25) is 4.90 Å². The van der Waals surface area contributed by atoms with Crippen LogP contribution in [-0.2, 0) is 14.3 Å². The van der Waals surface area contributed by atoms with Crippen LogP contribution in [0.2, 0.25) is 0 Å². The number of rotatable bonds is 2. The highest BCUT2D eigenvalue weighted by Gasteiger charge is 2.39. The predicted molar refractivity (Wildman–Crippen MR) is 64.1 cm³/mol. The molecule has 6 nitrogen and oxygen atoms in total. The maximum Gasteiger partial charge on any atom is 0.411 e. The molecule has 0 spiro atoms. The van der Waals surface area contributed by atoms with Crippen molar-refractivity contribution in [1.82, 2.24) is 4.90 Å². The van der Waals surface area contributed by atoms with Crippen LogP contribution in [0.1, 0.15) is 27.2 Å². The number of amides is 1. The third-order valence-electron chi connectivity index (χ3n) is 2.40. The van der Waals surface area contributed by atoms with Gasteiger partial charge in [0.1, 0.15) is 11.6 Å². The van der Waals surface area contributed by atoms with Crippen LogP contribution in [0, 0.1) is 0 Å². The van der Waals surface area contributed by atoms with Gasteiger partial charge in [0.15, 0.2) is 0 Å². The Morgan fingerprint density at radius 2 is 2.06 bits per heavy atom. The number of carbonyl (C=O) groups is 2. The van der Waals surface area contributed by atoms with E-state index in [0.717, 1.165) is 5.57 Å². The number of hydrogen-bond donors (Lipinski definition) is 1. The smallest absolute Gasteiger partial charge is 0.411 e. The molecule has 0 unspecified atom stereocenters. The van der Waals surface area contributed by atoms with Crippen LogP contribution in [-0.4, -0.2) is 47.4 Å². The molecule has 1 N–H and O–H groups in total. The number of hydrogen-bond acceptors (Lipinski definition) is 4. The van der Waals surface area contributed by atoms with Crippen LogP contribution < -0.4 is 0 Å². The summed E-state index contributed by atoms with van der Waals surface area (Å²) in [6.45, 7) is 5.44. The molecule has 1 aliphatic heterocycles. The molecule has 1 heterocycles. The Bertz CT molecular complexity index is 369. The third kappa shape index (κ3) is 3.65. The molecule has 0 aromatic carbocycles. The van der Waals surface area contributed by atoms with Gasteiger partial charge >= 0.3 is 12.1 Å². The number of nitrogens with zero attached hydrogens (tertiary/aromatic N) is 1. The Morgan fingerprint density at radius 3 is 2.50 bits per heavy atom. The molecular weight excluding hydrogens is 238 g/mol. The molecule has 0 bridgehead atoms. The largest absolute Gasteiger partial charge is 0.504 e. The van der Waals surface area contributed by atoms with Crippen molar-refractivity contribution >= 4 is 12.1 Å². The van der Waals surface area contributed by atoms with E-state index < -0.39 is 23.7 Å². The second-order valence-corrected chi connectivity index (χ2v) is 5.18. The topological polar surface area (TPSA) is 76.1 Å². The monoisotopic (exact) mass is 257 g/mol. The summed E-state index contributed by atoms with van der Waals surface area (Å²) >= 11 is 0. The van der Waals surface area contributed by atoms with Crippen molar-refractivity contribution in [2.75, 3.05) is 13.7 Å². The van der Waals surface area contributed by atoms with E-state index in [1.807, 2.05) is 0 Å². The first-order chi connectivity index (χ1) is 8.24. The van der Waals surface area contributed by atoms with E-state index in [1.165, 1.54) is 18.3 Å². The average Bonchev–Trinajstić information content (AvgIpc) is 2.59. The quantitative estimate of drug-likeness (QED) is 0.760. The number of carbonyl (C=O) groups excluding carboxylic acids is 1. The van der Waals surface area contributed by atoms with Crippen LogP contribution in [0.5, 0.6) is 0 Å². The number of carboxylic acids is 1. The zero-order valence-corrected chi connectivity index (χ0v) is 11.1. The fraction of sp³-hybridized carbons (Fsp3) is 0.667. The second kappa shape index (κ2) is 5.29. The molecule has 102 valence electrons. The lowest BCUT2D eigenvalue weighted by Gasteiger charge is -2.26. The van der Waals surface area contributed by atoms with Gasteiger partial charge in [-0.15, -0.1) is 0 Å². The molecule has 0 aliphatic carbocycles. The zero-order valence-electron chi connectivity index (χ0n) is 11.1. The SMILES string of the molecule is COC=C1C[C@@H](C(=O)O)N(C(=O)OC(C)(C)C)C1. The number of ether oxygens (including phenoxy) is 2. The first kappa shape index (κ1) is 14.3. The molecule has 1 rings (SSSR count). The van der Waals surface area contributed by atoms with Gasteiger partial charge in [0, 0.05) is 13.0 Å². The van der Waals surface area contributed by atoms with Crippen molar-refractivity contribution in [2.45, 2.75) is 38.8 Å². The van der Waals surface area contributed by atoms with E-state index in [-0.39, 0.29) is 13.0 Å². The Kier molecular flexibility index (Phi) is 4.21. The zero-order chi connectivity index (χ0) is 13.9. The Balaban J connectivity index is 2.82. The first-order valence-corrected chi connectivity index (χ1v) is 5.67. The summed E-state index contributed by atoms with van der Waals surface area (Å²) in [6.07, 6.45) is 1.12. The third-order valence-corrected chi connectivity index (χ3v) is 2.40. The minimum absolute atomic E-state index is 0.222. The maximum atomic E-state index is 11.9. The van der Waals surface area contributed by atoms with Gasteiger partial charge in [0.05, 0.1) is 13.4 Å². The Morgan fingerprint density at radius 1 is 1.44 bits per heavy atom. The number of likely N-dealkylation sites (tertiary alicyclic amines) is 1.